The molecule has 0 heterocycles. The van der Waals surface area contributed by atoms with Gasteiger partial charge in [-0.3, -0.25) is 0 Å². The van der Waals surface area contributed by atoms with E-state index in [-0.39, 0.29) is 21.7 Å². The van der Waals surface area contributed by atoms with Crippen LogP contribution < -0.4 is 0 Å². The summed E-state index contributed by atoms with van der Waals surface area (Å²) in [5, 5.41) is 0. The number of hydrogen-bond donors (Lipinski definition) is 0. The third-order valence-corrected chi connectivity index (χ3v) is 14.9. The molecule has 4 aliphatic rings. The van der Waals surface area contributed by atoms with Crippen molar-refractivity contribution in [3.63, 3.8) is 0 Å². The maximum absolute atomic E-state index is 2.68. The molecule has 4 aliphatic carbocycles. The molecular weight excluding hydrogens is 524 g/mol. The molecule has 2 unspecified atom stereocenters. The predicted molar refractivity (Wildman–Crippen MR) is 156 cm³/mol. The van der Waals surface area contributed by atoms with Crippen molar-refractivity contribution in [1.82, 2.24) is 0 Å². The first-order valence-corrected chi connectivity index (χ1v) is 17.5. The van der Waals surface area contributed by atoms with Crippen LogP contribution in [0.2, 0.25) is 0 Å². The molecule has 0 aromatic heterocycles. The van der Waals surface area contributed by atoms with Gasteiger partial charge in [-0.1, -0.05) is 0 Å². The predicted octanol–water partition coefficient (Wildman–Crippen LogP) is 10.1. The van der Waals surface area contributed by atoms with E-state index >= 15 is 0 Å². The fourth-order valence-corrected chi connectivity index (χ4v) is 12.5. The van der Waals surface area contributed by atoms with Crippen molar-refractivity contribution in [2.45, 2.75) is 124 Å². The Balaban J connectivity index is 1.41. The Morgan fingerprint density at radius 3 is 1.14 bits per heavy atom. The molecule has 1 heteroatoms. The molecule has 0 saturated carbocycles. The van der Waals surface area contributed by atoms with Gasteiger partial charge in [-0.25, -0.2) is 0 Å². The van der Waals surface area contributed by atoms with Crippen LogP contribution in [0.1, 0.15) is 147 Å². The van der Waals surface area contributed by atoms with Crippen LogP contribution in [-0.4, -0.2) is 0 Å². The summed E-state index contributed by atoms with van der Waals surface area (Å²) in [5.41, 5.74) is 17.1. The standard InChI is InChI=1S/2C18H23.Zr/c2*1-12-6-7-13-10-15-16(11-14(12)13)18(4,5)9-8-17(15,2)3;/h2*6-7,10-11H,8-9H2,1-5H3;. The summed E-state index contributed by atoms with van der Waals surface area (Å²) >= 11 is -0.810. The van der Waals surface area contributed by atoms with Crippen LogP contribution in [0.15, 0.2) is 36.4 Å². The average Bonchev–Trinajstić information content (AvgIpc) is 3.29. The minimum absolute atomic E-state index is 0.278. The molecule has 0 N–H and O–H groups in total. The number of allylic oxidation sites excluding steroid dienone is 4. The van der Waals surface area contributed by atoms with Gasteiger partial charge in [-0.05, 0) is 0 Å². The van der Waals surface area contributed by atoms with Crippen LogP contribution in [0, 0.1) is 0 Å². The molecular formula is C36H46Zr. The topological polar surface area (TPSA) is 0 Å². The molecule has 0 fully saturated rings. The van der Waals surface area contributed by atoms with E-state index < -0.39 is 23.2 Å². The quantitative estimate of drug-likeness (QED) is 0.337. The summed E-state index contributed by atoms with van der Waals surface area (Å²) in [4.78, 5) is 0. The second-order valence-corrected chi connectivity index (χ2v) is 19.2. The van der Waals surface area contributed by atoms with E-state index in [0.717, 1.165) is 0 Å². The van der Waals surface area contributed by atoms with Gasteiger partial charge in [0.15, 0.2) is 0 Å². The summed E-state index contributed by atoms with van der Waals surface area (Å²) in [5.74, 6) is 0. The molecule has 2 atom stereocenters. The maximum atomic E-state index is 2.68. The van der Waals surface area contributed by atoms with Gasteiger partial charge in [0.05, 0.1) is 0 Å². The molecule has 6 rings (SSSR count). The number of fused-ring (bicyclic) bond motifs is 4. The van der Waals surface area contributed by atoms with E-state index in [1.54, 1.807) is 44.5 Å². The van der Waals surface area contributed by atoms with Gasteiger partial charge in [0.25, 0.3) is 0 Å². The fraction of sp³-hybridized carbons (Fsp3) is 0.556. The number of hydrogen-bond acceptors (Lipinski definition) is 0. The average molecular weight is 570 g/mol. The fourth-order valence-electron chi connectivity index (χ4n) is 7.79. The normalized spacial score (nSPS) is 27.4. The van der Waals surface area contributed by atoms with Crippen molar-refractivity contribution in [3.8, 4) is 0 Å². The van der Waals surface area contributed by atoms with Crippen molar-refractivity contribution >= 4 is 11.1 Å². The Labute approximate surface area is 238 Å². The van der Waals surface area contributed by atoms with E-state index in [4.69, 9.17) is 0 Å². The molecule has 0 bridgehead atoms. The molecule has 0 amide bonds. The SMILES string of the molecule is CC1=C[CH]([Zr][CH]2C=C(C)c3cc4c(cc32)C(C)(C)CCC4(C)C)c2cc3c(cc21)C(C)(C)CCC3(C)C. The first kappa shape index (κ1) is 26.0. The Morgan fingerprint density at radius 1 is 0.514 bits per heavy atom. The van der Waals surface area contributed by atoms with Crippen molar-refractivity contribution in [3.05, 3.63) is 80.9 Å². The van der Waals surface area contributed by atoms with Gasteiger partial charge < -0.3 is 0 Å². The third-order valence-electron chi connectivity index (χ3n) is 10.8. The van der Waals surface area contributed by atoms with Gasteiger partial charge in [-0.15, -0.1) is 0 Å². The monoisotopic (exact) mass is 568 g/mol. The van der Waals surface area contributed by atoms with Gasteiger partial charge in [-0.2, -0.15) is 0 Å². The first-order valence-electron chi connectivity index (χ1n) is 14.6. The van der Waals surface area contributed by atoms with E-state index in [9.17, 15) is 0 Å². The van der Waals surface area contributed by atoms with Crippen LogP contribution in [0.4, 0.5) is 0 Å². The minimum atomic E-state index is -0.810. The molecule has 194 valence electrons. The first-order chi connectivity index (χ1) is 17.1. The number of rotatable bonds is 2. The van der Waals surface area contributed by atoms with Crippen LogP contribution in [0.3, 0.4) is 0 Å². The summed E-state index contributed by atoms with van der Waals surface area (Å²) in [6.45, 7) is 24.5. The Morgan fingerprint density at radius 2 is 0.811 bits per heavy atom. The Bertz CT molecular complexity index is 1270. The molecule has 0 radical (unpaired) electrons. The van der Waals surface area contributed by atoms with Crippen molar-refractivity contribution in [2.24, 2.45) is 0 Å². The Hall–Kier alpha value is -1.20. The molecule has 2 aromatic rings. The van der Waals surface area contributed by atoms with Crippen LogP contribution in [0.25, 0.3) is 11.1 Å². The molecule has 0 nitrogen and oxygen atoms in total. The van der Waals surface area contributed by atoms with E-state index in [1.807, 2.05) is 0 Å². The second kappa shape index (κ2) is 8.16. The zero-order valence-corrected chi connectivity index (χ0v) is 27.4. The van der Waals surface area contributed by atoms with Gasteiger partial charge in [0.2, 0.25) is 0 Å². The van der Waals surface area contributed by atoms with Gasteiger partial charge in [0.1, 0.15) is 0 Å². The summed E-state index contributed by atoms with van der Waals surface area (Å²) < 4.78 is 1.34. The van der Waals surface area contributed by atoms with E-state index in [1.165, 1.54) is 36.8 Å². The number of benzene rings is 2. The third kappa shape index (κ3) is 4.00. The Kier molecular flexibility index (Phi) is 5.75. The second-order valence-electron chi connectivity index (χ2n) is 15.3. The van der Waals surface area contributed by atoms with Crippen molar-refractivity contribution in [2.75, 3.05) is 0 Å². The zero-order chi connectivity index (χ0) is 26.7. The van der Waals surface area contributed by atoms with Crippen LogP contribution in [0.5, 0.6) is 0 Å². The van der Waals surface area contributed by atoms with E-state index in [2.05, 4.69) is 106 Å². The van der Waals surface area contributed by atoms with Crippen molar-refractivity contribution < 1.29 is 23.2 Å². The van der Waals surface area contributed by atoms with E-state index in [0.29, 0.717) is 7.25 Å². The molecule has 2 aromatic carbocycles. The van der Waals surface area contributed by atoms with Crippen LogP contribution in [-0.2, 0) is 44.9 Å². The molecule has 0 aliphatic heterocycles. The zero-order valence-electron chi connectivity index (χ0n) is 24.9. The van der Waals surface area contributed by atoms with Gasteiger partial charge >= 0.3 is 239 Å². The van der Waals surface area contributed by atoms with Gasteiger partial charge in [0, 0.05) is 0 Å². The van der Waals surface area contributed by atoms with Crippen LogP contribution >= 0.6 is 0 Å². The summed E-state index contributed by atoms with van der Waals surface area (Å²) in [6.07, 6.45) is 10.5. The summed E-state index contributed by atoms with van der Waals surface area (Å²) in [6, 6.07) is 10.6. The molecule has 0 spiro atoms. The molecule has 0 saturated heterocycles. The van der Waals surface area contributed by atoms with Crippen molar-refractivity contribution in [1.29, 1.82) is 0 Å². The summed E-state index contributed by atoms with van der Waals surface area (Å²) in [7, 11) is 0. The molecule has 37 heavy (non-hydrogen) atoms.